The Morgan fingerprint density at radius 3 is 1.35 bits per heavy atom. The van der Waals surface area contributed by atoms with Gasteiger partial charge in [-0.05, 0) is 0 Å². The minimum absolute atomic E-state index is 0. The van der Waals surface area contributed by atoms with E-state index < -0.39 is 0 Å². The molecule has 0 aromatic rings. The molecule has 0 radical (unpaired) electrons. The molecule has 0 amide bonds. The van der Waals surface area contributed by atoms with Crippen molar-refractivity contribution >= 4 is 5.43 Å². The molecule has 0 atom stereocenters. The molecule has 0 saturated carbocycles. The first kappa shape index (κ1) is 25.6. The Hall–Kier alpha value is 0.640. The van der Waals surface area contributed by atoms with E-state index in [0.29, 0.717) is 0 Å². The van der Waals surface area contributed by atoms with Gasteiger partial charge in [0.15, 0.2) is 0 Å². The van der Waals surface area contributed by atoms with Crippen LogP contribution in [0.25, 0.3) is 0 Å². The maximum Gasteiger partial charge on any atom is -1.00 e. The fraction of sp³-hybridized carbons (Fsp3) is 0.500. The average Bonchev–Trinajstić information content (AvgIpc) is 3.02. The zero-order chi connectivity index (χ0) is 13.8. The van der Waals surface area contributed by atoms with E-state index in [0.717, 1.165) is 25.7 Å². The summed E-state index contributed by atoms with van der Waals surface area (Å²) in [4.78, 5) is 0. The number of allylic oxidation sites excluding steroid dienone is 8. The van der Waals surface area contributed by atoms with Crippen molar-refractivity contribution in [3.05, 3.63) is 47.6 Å². The Labute approximate surface area is 153 Å². The van der Waals surface area contributed by atoms with Gasteiger partial charge in [-0.15, -0.1) is 12.8 Å². The van der Waals surface area contributed by atoms with Crippen molar-refractivity contribution in [3.63, 3.8) is 0 Å². The van der Waals surface area contributed by atoms with Gasteiger partial charge in [-0.3, -0.25) is 12.2 Å². The van der Waals surface area contributed by atoms with Gasteiger partial charge >= 0.3 is 41.9 Å². The molecule has 112 valence electrons. The largest absolute Gasteiger partial charge is 1.00 e. The van der Waals surface area contributed by atoms with Crippen LogP contribution in [0.15, 0.2) is 35.5 Å². The van der Waals surface area contributed by atoms with Crippen LogP contribution in [0.3, 0.4) is 0 Å². The second-order valence-electron chi connectivity index (χ2n) is 4.37. The van der Waals surface area contributed by atoms with Gasteiger partial charge in [0, 0.05) is 0 Å². The standard InChI is InChI=1S/2C7H9.C2H6Si.2ClH.Zr/c2*1-2-7-5-3-4-6-7;1-3-2;;;/h2*5-6H,2-3H2,1H3;1-2H3;2*1H;/q2*-1;;;;+2/p-2. The molecular weight excluding hydrogens is 382 g/mol. The first-order valence-corrected chi connectivity index (χ1v) is 12.8. The minimum atomic E-state index is 0. The van der Waals surface area contributed by atoms with E-state index >= 15 is 0 Å². The predicted molar refractivity (Wildman–Crippen MR) is 79.1 cm³/mol. The molecule has 0 aliphatic heterocycles. The third-order valence-electron chi connectivity index (χ3n) is 2.36. The van der Waals surface area contributed by atoms with Gasteiger partial charge in [0.05, 0.1) is 0 Å². The molecule has 20 heavy (non-hydrogen) atoms. The van der Waals surface area contributed by atoms with Crippen molar-refractivity contribution in [2.45, 2.75) is 52.6 Å². The van der Waals surface area contributed by atoms with E-state index in [9.17, 15) is 0 Å². The van der Waals surface area contributed by atoms with Crippen LogP contribution in [0, 0.1) is 12.2 Å². The first-order chi connectivity index (χ1) is 8.60. The van der Waals surface area contributed by atoms with Gasteiger partial charge < -0.3 is 24.8 Å². The molecule has 0 aromatic heterocycles. The van der Waals surface area contributed by atoms with E-state index in [1.54, 1.807) is 23.3 Å². The molecule has 4 heteroatoms. The first-order valence-electron chi connectivity index (χ1n) is 6.63. The summed E-state index contributed by atoms with van der Waals surface area (Å²) in [5, 5.41) is 0. The van der Waals surface area contributed by atoms with Gasteiger partial charge in [-0.1, -0.05) is 26.7 Å². The normalized spacial score (nSPS) is 13.7. The molecule has 0 fully saturated rings. The van der Waals surface area contributed by atoms with E-state index in [1.165, 1.54) is 11.1 Å². The van der Waals surface area contributed by atoms with E-state index in [2.05, 4.69) is 63.4 Å². The summed E-state index contributed by atoms with van der Waals surface area (Å²) in [6.45, 7) is 8.94. The Morgan fingerprint density at radius 2 is 1.25 bits per heavy atom. The van der Waals surface area contributed by atoms with Gasteiger partial charge in [0.2, 0.25) is 0 Å². The van der Waals surface area contributed by atoms with E-state index in [-0.39, 0.29) is 30.2 Å². The van der Waals surface area contributed by atoms with Crippen molar-refractivity contribution in [3.8, 4) is 0 Å². The SMILES string of the molecule is CCC1=CC[C-]=C1.CCC1=CC[C-]=C1.C[Si](C)=[Zr+2].[Cl-].[Cl-]. The van der Waals surface area contributed by atoms with Crippen LogP contribution in [-0.4, -0.2) is 5.43 Å². The second kappa shape index (κ2) is 17.7. The quantitative estimate of drug-likeness (QED) is 0.406. The molecule has 2 rings (SSSR count). The molecule has 0 saturated heterocycles. The zero-order valence-electron chi connectivity index (χ0n) is 12.9. The summed E-state index contributed by atoms with van der Waals surface area (Å²) in [7, 11) is 0. The Balaban J connectivity index is -0.000000215. The molecule has 0 nitrogen and oxygen atoms in total. The fourth-order valence-electron chi connectivity index (χ4n) is 1.37. The summed E-state index contributed by atoms with van der Waals surface area (Å²) in [5.41, 5.74) is 3.07. The average molecular weight is 407 g/mol. The smallest absolute Gasteiger partial charge is 1.00 e. The minimum Gasteiger partial charge on any atom is -1.00 e. The van der Waals surface area contributed by atoms with Crippen LogP contribution in [0.4, 0.5) is 0 Å². The third-order valence-corrected chi connectivity index (χ3v) is 2.36. The third kappa shape index (κ3) is 16.7. The van der Waals surface area contributed by atoms with Crippen LogP contribution in [0.2, 0.25) is 13.1 Å². The Bertz CT molecular complexity index is 335. The second-order valence-corrected chi connectivity index (χ2v) is 13.7. The Kier molecular flexibility index (Phi) is 22.6. The molecule has 0 N–H and O–H groups in total. The number of halogens is 2. The summed E-state index contributed by atoms with van der Waals surface area (Å²) in [5.74, 6) is 0. The topological polar surface area (TPSA) is 0 Å². The van der Waals surface area contributed by atoms with Crippen LogP contribution >= 0.6 is 0 Å². The van der Waals surface area contributed by atoms with Crippen molar-refractivity contribution in [1.29, 1.82) is 0 Å². The summed E-state index contributed by atoms with van der Waals surface area (Å²) in [6.07, 6.45) is 19.1. The van der Waals surface area contributed by atoms with Crippen LogP contribution in [0.5, 0.6) is 0 Å². The summed E-state index contributed by atoms with van der Waals surface area (Å²) >= 11 is 1.74. The number of rotatable bonds is 2. The monoisotopic (exact) mass is 404 g/mol. The van der Waals surface area contributed by atoms with Crippen molar-refractivity contribution in [2.24, 2.45) is 0 Å². The molecule has 0 unspecified atom stereocenters. The van der Waals surface area contributed by atoms with E-state index in [1.807, 2.05) is 0 Å². The Morgan fingerprint density at radius 1 is 0.950 bits per heavy atom. The van der Waals surface area contributed by atoms with Crippen molar-refractivity contribution < 1.29 is 48.1 Å². The molecule has 2 aliphatic carbocycles. The zero-order valence-corrected chi connectivity index (χ0v) is 17.9. The summed E-state index contributed by atoms with van der Waals surface area (Å²) in [6, 6.07) is 0. The maximum atomic E-state index is 3.11. The van der Waals surface area contributed by atoms with Gasteiger partial charge in [-0.25, -0.2) is 23.3 Å². The van der Waals surface area contributed by atoms with Gasteiger partial charge in [0.1, 0.15) is 0 Å². The summed E-state index contributed by atoms with van der Waals surface area (Å²) < 4.78 is 0. The molecule has 2 aliphatic rings. The van der Waals surface area contributed by atoms with Crippen LogP contribution in [-0.2, 0) is 23.3 Å². The fourth-order valence-corrected chi connectivity index (χ4v) is 1.37. The van der Waals surface area contributed by atoms with Crippen LogP contribution in [0.1, 0.15) is 39.5 Å². The number of hydrogen-bond acceptors (Lipinski definition) is 0. The number of hydrogen-bond donors (Lipinski definition) is 0. The maximum absolute atomic E-state index is 3.11. The van der Waals surface area contributed by atoms with Gasteiger partial charge in [0.25, 0.3) is 0 Å². The van der Waals surface area contributed by atoms with Crippen molar-refractivity contribution in [2.75, 3.05) is 0 Å². The molecular formula is C16H24Cl2SiZr-2. The molecule has 0 bridgehead atoms. The molecule has 0 aromatic carbocycles. The van der Waals surface area contributed by atoms with E-state index in [4.69, 9.17) is 0 Å². The molecule has 0 spiro atoms. The van der Waals surface area contributed by atoms with Crippen LogP contribution < -0.4 is 24.8 Å². The van der Waals surface area contributed by atoms with Gasteiger partial charge in [-0.2, -0.15) is 12.2 Å². The van der Waals surface area contributed by atoms with Crippen molar-refractivity contribution in [1.82, 2.24) is 0 Å². The predicted octanol–water partition coefficient (Wildman–Crippen LogP) is -1.04. The molecule has 0 heterocycles.